The van der Waals surface area contributed by atoms with Crippen molar-refractivity contribution in [2.45, 2.75) is 30.2 Å². The van der Waals surface area contributed by atoms with Gasteiger partial charge in [0, 0.05) is 5.69 Å². The van der Waals surface area contributed by atoms with Crippen molar-refractivity contribution in [2.75, 3.05) is 18.5 Å². The van der Waals surface area contributed by atoms with Gasteiger partial charge in [-0.2, -0.15) is 0 Å². The van der Waals surface area contributed by atoms with E-state index < -0.39 is 52.5 Å². The fraction of sp³-hybridized carbons (Fsp3) is 0.412. The number of urea groups is 1. The Bertz CT molecular complexity index is 972. The van der Waals surface area contributed by atoms with Crippen LogP contribution >= 0.6 is 0 Å². The summed E-state index contributed by atoms with van der Waals surface area (Å²) >= 11 is 0. The van der Waals surface area contributed by atoms with Gasteiger partial charge < -0.3 is 15.4 Å². The van der Waals surface area contributed by atoms with Gasteiger partial charge in [-0.15, -0.1) is 0 Å². The van der Waals surface area contributed by atoms with Gasteiger partial charge in [0.15, 0.2) is 6.61 Å². The first kappa shape index (κ1) is 20.7. The summed E-state index contributed by atoms with van der Waals surface area (Å²) in [5.41, 5.74) is -0.731. The lowest BCUT2D eigenvalue weighted by molar-refractivity contribution is -0.150. The summed E-state index contributed by atoms with van der Waals surface area (Å²) < 4.78 is 27.2. The van der Waals surface area contributed by atoms with Crippen LogP contribution in [-0.2, 0) is 29.1 Å². The van der Waals surface area contributed by atoms with Gasteiger partial charge in [-0.25, -0.2) is 18.4 Å². The molecule has 1 saturated carbocycles. The highest BCUT2D eigenvalue weighted by Gasteiger charge is 2.56. The fourth-order valence-corrected chi connectivity index (χ4v) is 3.56. The van der Waals surface area contributed by atoms with Gasteiger partial charge >= 0.3 is 12.0 Å². The second kappa shape index (κ2) is 7.44. The molecule has 0 bridgehead atoms. The average Bonchev–Trinajstić information content (AvgIpc) is 3.46. The van der Waals surface area contributed by atoms with Crippen molar-refractivity contribution < 1.29 is 32.3 Å². The maximum absolute atomic E-state index is 12.4. The molecule has 0 aromatic heterocycles. The molecule has 2 aliphatic rings. The van der Waals surface area contributed by atoms with Crippen LogP contribution in [0.3, 0.4) is 0 Å². The summed E-state index contributed by atoms with van der Waals surface area (Å²) in [4.78, 5) is 48.9. The molecule has 1 aromatic carbocycles. The van der Waals surface area contributed by atoms with Crippen LogP contribution in [0.5, 0.6) is 0 Å². The highest BCUT2D eigenvalue weighted by Crippen LogP contribution is 2.42. The molecule has 1 aliphatic heterocycles. The standard InChI is InChI=1S/C17H20N4O7S/c1-17(10-2-3-10)15(24)21(16(25)20-17)8-14(23)28-9-13(22)19-11-4-6-12(7-5-11)29(18,26)27/h4-7,10H,2-3,8-9H2,1H3,(H,19,22)(H,20,25)(H2,18,26,27). The van der Waals surface area contributed by atoms with Gasteiger partial charge in [0.2, 0.25) is 10.0 Å². The number of benzene rings is 1. The van der Waals surface area contributed by atoms with E-state index >= 15 is 0 Å². The number of sulfonamides is 1. The average molecular weight is 424 g/mol. The van der Waals surface area contributed by atoms with E-state index in [0.29, 0.717) is 0 Å². The Morgan fingerprint density at radius 2 is 1.90 bits per heavy atom. The molecule has 1 atom stereocenters. The normalized spacial score (nSPS) is 21.7. The largest absolute Gasteiger partial charge is 0.454 e. The summed E-state index contributed by atoms with van der Waals surface area (Å²) in [6.07, 6.45) is 1.67. The third-order valence-electron chi connectivity index (χ3n) is 4.81. The smallest absolute Gasteiger partial charge is 0.326 e. The van der Waals surface area contributed by atoms with Crippen LogP contribution in [-0.4, -0.2) is 55.8 Å². The van der Waals surface area contributed by atoms with Gasteiger partial charge in [0.05, 0.1) is 4.90 Å². The third-order valence-corrected chi connectivity index (χ3v) is 5.74. The van der Waals surface area contributed by atoms with Crippen LogP contribution in [0.15, 0.2) is 29.2 Å². The first-order chi connectivity index (χ1) is 13.5. The molecule has 29 heavy (non-hydrogen) atoms. The van der Waals surface area contributed by atoms with Gasteiger partial charge in [-0.1, -0.05) is 0 Å². The van der Waals surface area contributed by atoms with Crippen LogP contribution in [0.2, 0.25) is 0 Å². The van der Waals surface area contributed by atoms with E-state index in [1.165, 1.54) is 24.3 Å². The van der Waals surface area contributed by atoms with Crippen LogP contribution in [0, 0.1) is 5.92 Å². The maximum Gasteiger partial charge on any atom is 0.326 e. The Balaban J connectivity index is 1.48. The molecule has 12 heteroatoms. The number of nitrogens with one attached hydrogen (secondary N) is 2. The van der Waals surface area contributed by atoms with Crippen molar-refractivity contribution in [3.8, 4) is 0 Å². The lowest BCUT2D eigenvalue weighted by Gasteiger charge is -2.20. The van der Waals surface area contributed by atoms with E-state index in [1.807, 2.05) is 0 Å². The zero-order valence-electron chi connectivity index (χ0n) is 15.5. The van der Waals surface area contributed by atoms with Crippen molar-refractivity contribution in [3.05, 3.63) is 24.3 Å². The molecule has 1 aromatic rings. The maximum atomic E-state index is 12.4. The Labute approximate surface area is 166 Å². The van der Waals surface area contributed by atoms with Gasteiger partial charge in [0.25, 0.3) is 11.8 Å². The van der Waals surface area contributed by atoms with E-state index in [4.69, 9.17) is 9.88 Å². The molecule has 11 nitrogen and oxygen atoms in total. The number of hydrogen-bond acceptors (Lipinski definition) is 7. The molecule has 4 amide bonds. The van der Waals surface area contributed by atoms with Gasteiger partial charge in [-0.3, -0.25) is 19.3 Å². The van der Waals surface area contributed by atoms with Crippen molar-refractivity contribution in [1.29, 1.82) is 0 Å². The molecule has 0 radical (unpaired) electrons. The SMILES string of the molecule is CC1(C2CC2)NC(=O)N(CC(=O)OCC(=O)Nc2ccc(S(N)(=O)=O)cc2)C1=O. The van der Waals surface area contributed by atoms with Crippen molar-refractivity contribution in [2.24, 2.45) is 11.1 Å². The highest BCUT2D eigenvalue weighted by atomic mass is 32.2. The molecule has 4 N–H and O–H groups in total. The monoisotopic (exact) mass is 424 g/mol. The zero-order valence-corrected chi connectivity index (χ0v) is 16.3. The molecular weight excluding hydrogens is 404 g/mol. The Morgan fingerprint density at radius 3 is 2.45 bits per heavy atom. The number of ether oxygens (including phenoxy) is 1. The zero-order chi connectivity index (χ0) is 21.4. The molecule has 1 unspecified atom stereocenters. The van der Waals surface area contributed by atoms with Crippen molar-refractivity contribution in [1.82, 2.24) is 10.2 Å². The van der Waals surface area contributed by atoms with Crippen LogP contribution in [0.1, 0.15) is 19.8 Å². The molecule has 0 spiro atoms. The number of nitrogens with two attached hydrogens (primary N) is 1. The molecule has 1 saturated heterocycles. The number of imide groups is 1. The molecular formula is C17H20N4O7S. The number of rotatable bonds is 7. The summed E-state index contributed by atoms with van der Waals surface area (Å²) in [7, 11) is -3.85. The summed E-state index contributed by atoms with van der Waals surface area (Å²) in [6.45, 7) is 0.396. The van der Waals surface area contributed by atoms with E-state index in [2.05, 4.69) is 10.6 Å². The predicted molar refractivity (Wildman–Crippen MR) is 98.8 cm³/mol. The van der Waals surface area contributed by atoms with E-state index in [1.54, 1.807) is 6.92 Å². The topological polar surface area (TPSA) is 165 Å². The first-order valence-corrected chi connectivity index (χ1v) is 10.3. The number of anilines is 1. The third kappa shape index (κ3) is 4.54. The first-order valence-electron chi connectivity index (χ1n) is 8.73. The highest BCUT2D eigenvalue weighted by molar-refractivity contribution is 7.89. The van der Waals surface area contributed by atoms with E-state index in [0.717, 1.165) is 17.7 Å². The number of primary sulfonamides is 1. The molecule has 3 rings (SSSR count). The summed E-state index contributed by atoms with van der Waals surface area (Å²) in [5.74, 6) is -2.01. The Hall–Kier alpha value is -2.99. The predicted octanol–water partition coefficient (Wildman–Crippen LogP) is -0.464. The van der Waals surface area contributed by atoms with Gasteiger partial charge in [-0.05, 0) is 49.9 Å². The lowest BCUT2D eigenvalue weighted by Crippen LogP contribution is -2.46. The number of esters is 1. The van der Waals surface area contributed by atoms with Crippen LogP contribution < -0.4 is 15.8 Å². The summed E-state index contributed by atoms with van der Waals surface area (Å²) in [6, 6.07) is 4.41. The minimum atomic E-state index is -3.85. The molecule has 156 valence electrons. The minimum absolute atomic E-state index is 0.0615. The van der Waals surface area contributed by atoms with E-state index in [-0.39, 0.29) is 16.5 Å². The fourth-order valence-electron chi connectivity index (χ4n) is 3.04. The molecule has 1 aliphatic carbocycles. The van der Waals surface area contributed by atoms with Crippen LogP contribution in [0.25, 0.3) is 0 Å². The lowest BCUT2D eigenvalue weighted by atomic mass is 9.96. The quantitative estimate of drug-likeness (QED) is 0.393. The Morgan fingerprint density at radius 1 is 1.28 bits per heavy atom. The number of carbonyl (C=O) groups is 4. The van der Waals surface area contributed by atoms with E-state index in [9.17, 15) is 27.6 Å². The Kier molecular flexibility index (Phi) is 5.32. The summed E-state index contributed by atoms with van der Waals surface area (Å²) in [5, 5.41) is 10.0. The second-order valence-corrected chi connectivity index (χ2v) is 8.64. The van der Waals surface area contributed by atoms with Gasteiger partial charge in [0.1, 0.15) is 12.1 Å². The van der Waals surface area contributed by atoms with Crippen molar-refractivity contribution in [3.63, 3.8) is 0 Å². The molecule has 2 fully saturated rings. The minimum Gasteiger partial charge on any atom is -0.454 e. The number of amides is 4. The molecule has 1 heterocycles. The number of nitrogens with zero attached hydrogens (tertiary/aromatic N) is 1. The number of hydrogen-bond donors (Lipinski definition) is 3. The number of carbonyl (C=O) groups excluding carboxylic acids is 4. The van der Waals surface area contributed by atoms with Crippen molar-refractivity contribution >= 4 is 39.5 Å². The second-order valence-electron chi connectivity index (χ2n) is 7.08. The van der Waals surface area contributed by atoms with Crippen LogP contribution in [0.4, 0.5) is 10.5 Å².